The second-order valence-electron chi connectivity index (χ2n) is 7.35. The van der Waals surface area contributed by atoms with Gasteiger partial charge in [0.1, 0.15) is 5.75 Å². The van der Waals surface area contributed by atoms with E-state index in [4.69, 9.17) is 4.74 Å². The van der Waals surface area contributed by atoms with E-state index in [0.29, 0.717) is 22.9 Å². The van der Waals surface area contributed by atoms with Gasteiger partial charge in [-0.05, 0) is 66.4 Å². The van der Waals surface area contributed by atoms with Gasteiger partial charge in [0.15, 0.2) is 0 Å². The number of rotatable bonds is 8. The number of anilines is 1. The van der Waals surface area contributed by atoms with Crippen molar-refractivity contribution in [2.75, 3.05) is 18.0 Å². The average Bonchev–Trinajstić information content (AvgIpc) is 3.27. The molecule has 0 unspecified atom stereocenters. The molecule has 1 heterocycles. The van der Waals surface area contributed by atoms with Gasteiger partial charge in [0, 0.05) is 17.8 Å². The first-order valence-electron chi connectivity index (χ1n) is 10.4. The summed E-state index contributed by atoms with van der Waals surface area (Å²) >= 11 is 1.38. The fourth-order valence-electron chi connectivity index (χ4n) is 3.53. The van der Waals surface area contributed by atoms with Crippen molar-refractivity contribution < 1.29 is 17.9 Å². The van der Waals surface area contributed by atoms with Gasteiger partial charge in [-0.15, -0.1) is 11.3 Å². The number of nitrogens with zero attached hydrogens (tertiary/aromatic N) is 1. The Morgan fingerprint density at radius 2 is 1.73 bits per heavy atom. The van der Waals surface area contributed by atoms with Crippen LogP contribution in [0.25, 0.3) is 10.1 Å². The summed E-state index contributed by atoms with van der Waals surface area (Å²) in [4.78, 5) is 13.4. The number of ether oxygens (including phenoxy) is 1. The Bertz CT molecular complexity index is 1360. The molecule has 1 N–H and O–H groups in total. The molecule has 0 radical (unpaired) electrons. The third-order valence-electron chi connectivity index (χ3n) is 5.24. The Morgan fingerprint density at radius 3 is 2.39 bits per heavy atom. The zero-order valence-electron chi connectivity index (χ0n) is 18.3. The summed E-state index contributed by atoms with van der Waals surface area (Å²) in [7, 11) is -2.21. The summed E-state index contributed by atoms with van der Waals surface area (Å²) in [6.45, 7) is 2.51. The molecule has 6 nitrogen and oxygen atoms in total. The molecule has 0 aliphatic carbocycles. The Morgan fingerprint density at radius 1 is 1.00 bits per heavy atom. The van der Waals surface area contributed by atoms with Crippen molar-refractivity contribution in [3.05, 3.63) is 89.3 Å². The minimum atomic E-state index is -3.74. The SMILES string of the molecule is CCN(c1ccc2sc(C(=O)NCc3ccccc3)cc2c1)S(=O)(=O)c1ccc(OC)cc1. The van der Waals surface area contributed by atoms with E-state index in [2.05, 4.69) is 5.32 Å². The van der Waals surface area contributed by atoms with E-state index in [1.165, 1.54) is 34.9 Å². The summed E-state index contributed by atoms with van der Waals surface area (Å²) in [5.41, 5.74) is 1.58. The summed E-state index contributed by atoms with van der Waals surface area (Å²) in [5.74, 6) is 0.439. The predicted molar refractivity (Wildman–Crippen MR) is 133 cm³/mol. The van der Waals surface area contributed by atoms with Crippen LogP contribution in [0.4, 0.5) is 5.69 Å². The molecule has 4 rings (SSSR count). The maximum absolute atomic E-state index is 13.3. The number of sulfonamides is 1. The van der Waals surface area contributed by atoms with E-state index in [-0.39, 0.29) is 17.3 Å². The van der Waals surface area contributed by atoms with E-state index < -0.39 is 10.0 Å². The number of amides is 1. The van der Waals surface area contributed by atoms with E-state index in [9.17, 15) is 13.2 Å². The van der Waals surface area contributed by atoms with Gasteiger partial charge >= 0.3 is 0 Å². The predicted octanol–water partition coefficient (Wildman–Crippen LogP) is 5.06. The zero-order valence-corrected chi connectivity index (χ0v) is 19.9. The van der Waals surface area contributed by atoms with Crippen LogP contribution in [-0.2, 0) is 16.6 Å². The van der Waals surface area contributed by atoms with Crippen molar-refractivity contribution in [3.8, 4) is 5.75 Å². The summed E-state index contributed by atoms with van der Waals surface area (Å²) in [5, 5.41) is 3.76. The van der Waals surface area contributed by atoms with Gasteiger partial charge < -0.3 is 10.1 Å². The van der Waals surface area contributed by atoms with Crippen LogP contribution < -0.4 is 14.4 Å². The van der Waals surface area contributed by atoms with Crippen LogP contribution in [0.15, 0.2) is 83.8 Å². The quantitative estimate of drug-likeness (QED) is 0.383. The van der Waals surface area contributed by atoms with Gasteiger partial charge in [-0.25, -0.2) is 8.42 Å². The first-order valence-corrected chi connectivity index (χ1v) is 12.7. The first kappa shape index (κ1) is 22.8. The summed E-state index contributed by atoms with van der Waals surface area (Å²) in [6, 6.07) is 23.3. The number of fused-ring (bicyclic) bond motifs is 1. The highest BCUT2D eigenvalue weighted by molar-refractivity contribution is 7.92. The Hall–Kier alpha value is -3.36. The number of carbonyl (C=O) groups excluding carboxylic acids is 1. The van der Waals surface area contributed by atoms with Crippen LogP contribution in [0.3, 0.4) is 0 Å². The van der Waals surface area contributed by atoms with Gasteiger partial charge in [0.2, 0.25) is 0 Å². The lowest BCUT2D eigenvalue weighted by Gasteiger charge is -2.23. The molecule has 0 atom stereocenters. The number of methoxy groups -OCH3 is 1. The maximum atomic E-state index is 13.3. The van der Waals surface area contributed by atoms with Crippen molar-refractivity contribution in [3.63, 3.8) is 0 Å². The standard InChI is InChI=1S/C25H24N2O4S2/c1-3-27(33(29,30)22-12-10-21(31-2)11-13-22)20-9-14-23-19(15-20)16-24(32-23)25(28)26-17-18-7-5-4-6-8-18/h4-16H,3,17H2,1-2H3,(H,26,28). The first-order chi connectivity index (χ1) is 15.9. The van der Waals surface area contributed by atoms with Crippen LogP contribution >= 0.6 is 11.3 Å². The molecule has 1 amide bonds. The van der Waals surface area contributed by atoms with Gasteiger partial charge in [-0.1, -0.05) is 30.3 Å². The molecule has 33 heavy (non-hydrogen) atoms. The normalized spacial score (nSPS) is 11.3. The number of nitrogens with one attached hydrogen (secondary N) is 1. The van der Waals surface area contributed by atoms with Crippen LogP contribution in [0, 0.1) is 0 Å². The average molecular weight is 481 g/mol. The maximum Gasteiger partial charge on any atom is 0.264 e. The lowest BCUT2D eigenvalue weighted by molar-refractivity contribution is 0.0955. The number of hydrogen-bond donors (Lipinski definition) is 1. The minimum absolute atomic E-state index is 0.153. The monoisotopic (exact) mass is 480 g/mol. The number of benzene rings is 3. The number of hydrogen-bond acceptors (Lipinski definition) is 5. The second-order valence-corrected chi connectivity index (χ2v) is 10.3. The molecule has 4 aromatic rings. The fourth-order valence-corrected chi connectivity index (χ4v) is 5.95. The van der Waals surface area contributed by atoms with Crippen LogP contribution in [0.2, 0.25) is 0 Å². The zero-order chi connectivity index (χ0) is 23.4. The fraction of sp³-hybridized carbons (Fsp3) is 0.160. The molecule has 0 saturated heterocycles. The molecular formula is C25H24N2O4S2. The molecule has 0 aliphatic heterocycles. The highest BCUT2D eigenvalue weighted by atomic mass is 32.2. The third kappa shape index (κ3) is 4.86. The lowest BCUT2D eigenvalue weighted by Crippen LogP contribution is -2.30. The second kappa shape index (κ2) is 9.64. The van der Waals surface area contributed by atoms with Crippen molar-refractivity contribution in [2.45, 2.75) is 18.4 Å². The Labute approximate surface area is 197 Å². The Balaban J connectivity index is 1.58. The van der Waals surface area contributed by atoms with E-state index in [1.54, 1.807) is 31.2 Å². The molecular weight excluding hydrogens is 456 g/mol. The van der Waals surface area contributed by atoms with Crippen molar-refractivity contribution in [1.82, 2.24) is 5.32 Å². The van der Waals surface area contributed by atoms with Gasteiger partial charge in [-0.2, -0.15) is 0 Å². The largest absolute Gasteiger partial charge is 0.497 e. The minimum Gasteiger partial charge on any atom is -0.497 e. The highest BCUT2D eigenvalue weighted by Gasteiger charge is 2.24. The molecule has 0 spiro atoms. The molecule has 0 bridgehead atoms. The summed E-state index contributed by atoms with van der Waals surface area (Å²) < 4.78 is 33.9. The van der Waals surface area contributed by atoms with Gasteiger partial charge in [-0.3, -0.25) is 9.10 Å². The molecule has 3 aromatic carbocycles. The highest BCUT2D eigenvalue weighted by Crippen LogP contribution is 2.32. The van der Waals surface area contributed by atoms with Crippen LogP contribution in [0.5, 0.6) is 5.75 Å². The van der Waals surface area contributed by atoms with Crippen molar-refractivity contribution in [2.24, 2.45) is 0 Å². The molecule has 8 heteroatoms. The van der Waals surface area contributed by atoms with E-state index in [0.717, 1.165) is 15.6 Å². The Kier molecular flexibility index (Phi) is 6.67. The van der Waals surface area contributed by atoms with Crippen LogP contribution in [-0.4, -0.2) is 28.0 Å². The van der Waals surface area contributed by atoms with E-state index in [1.807, 2.05) is 42.5 Å². The third-order valence-corrected chi connectivity index (χ3v) is 8.27. The molecule has 170 valence electrons. The smallest absolute Gasteiger partial charge is 0.264 e. The topological polar surface area (TPSA) is 75.7 Å². The molecule has 0 saturated carbocycles. The van der Waals surface area contributed by atoms with Crippen molar-refractivity contribution >= 4 is 43.0 Å². The summed E-state index contributed by atoms with van der Waals surface area (Å²) in [6.07, 6.45) is 0. The van der Waals surface area contributed by atoms with E-state index >= 15 is 0 Å². The van der Waals surface area contributed by atoms with Crippen molar-refractivity contribution in [1.29, 1.82) is 0 Å². The van der Waals surface area contributed by atoms with Crippen LogP contribution in [0.1, 0.15) is 22.2 Å². The van der Waals surface area contributed by atoms with Gasteiger partial charge in [0.05, 0.1) is 22.6 Å². The van der Waals surface area contributed by atoms with Gasteiger partial charge in [0.25, 0.3) is 15.9 Å². The molecule has 0 fully saturated rings. The number of carbonyl (C=O) groups is 1. The lowest BCUT2D eigenvalue weighted by atomic mass is 10.2. The molecule has 1 aromatic heterocycles. The molecule has 0 aliphatic rings. The number of thiophene rings is 1.